The van der Waals surface area contributed by atoms with Crippen LogP contribution in [0.3, 0.4) is 0 Å². The van der Waals surface area contributed by atoms with Crippen molar-refractivity contribution in [2.75, 3.05) is 44.3 Å². The number of benzene rings is 1. The second kappa shape index (κ2) is 9.12. The molecule has 0 radical (unpaired) electrons. The molecular formula is C23H28N6O3. The molecule has 4 heterocycles. The van der Waals surface area contributed by atoms with Crippen molar-refractivity contribution in [2.24, 2.45) is 7.05 Å². The summed E-state index contributed by atoms with van der Waals surface area (Å²) < 4.78 is 13.0. The number of rotatable bonds is 4. The van der Waals surface area contributed by atoms with Crippen molar-refractivity contribution >= 4 is 23.1 Å². The molecule has 2 aromatic heterocycles. The number of nitrogens with zero attached hydrogens (tertiary/aromatic N) is 6. The number of hydrogen-bond acceptors (Lipinski definition) is 7. The van der Waals surface area contributed by atoms with E-state index in [0.29, 0.717) is 24.9 Å². The van der Waals surface area contributed by atoms with E-state index in [1.165, 1.54) is 6.42 Å². The number of amides is 1. The smallest absolute Gasteiger partial charge is 0.410 e. The molecule has 0 aliphatic carbocycles. The van der Waals surface area contributed by atoms with Gasteiger partial charge in [0.2, 0.25) is 0 Å². The molecule has 168 valence electrons. The SMILES string of the molecule is Cn1c(COC(=O)N2CCCCC2)nc2c(N3CCOCC3)nc(-c3ccccc3)nc21. The number of carbonyl (C=O) groups is 1. The average Bonchev–Trinajstić information content (AvgIpc) is 3.19. The maximum Gasteiger partial charge on any atom is 0.410 e. The van der Waals surface area contributed by atoms with Gasteiger partial charge < -0.3 is 23.8 Å². The van der Waals surface area contributed by atoms with Crippen molar-refractivity contribution in [3.63, 3.8) is 0 Å². The highest BCUT2D eigenvalue weighted by Crippen LogP contribution is 2.28. The van der Waals surface area contributed by atoms with Gasteiger partial charge in [-0.2, -0.15) is 0 Å². The Morgan fingerprint density at radius 2 is 1.75 bits per heavy atom. The van der Waals surface area contributed by atoms with E-state index in [4.69, 9.17) is 24.4 Å². The summed E-state index contributed by atoms with van der Waals surface area (Å²) in [7, 11) is 1.91. The quantitative estimate of drug-likeness (QED) is 0.621. The number of imidazole rings is 1. The highest BCUT2D eigenvalue weighted by atomic mass is 16.6. The molecule has 9 nitrogen and oxygen atoms in total. The van der Waals surface area contributed by atoms with Gasteiger partial charge >= 0.3 is 6.09 Å². The Kier molecular flexibility index (Phi) is 5.89. The molecule has 9 heteroatoms. The third-order valence-electron chi connectivity index (χ3n) is 6.07. The molecule has 1 aromatic carbocycles. The van der Waals surface area contributed by atoms with Gasteiger partial charge in [-0.1, -0.05) is 30.3 Å². The van der Waals surface area contributed by atoms with Gasteiger partial charge in [-0.3, -0.25) is 0 Å². The van der Waals surface area contributed by atoms with Crippen LogP contribution in [0.2, 0.25) is 0 Å². The first-order valence-electron chi connectivity index (χ1n) is 11.2. The topological polar surface area (TPSA) is 85.6 Å². The number of morpholine rings is 1. The Hall–Kier alpha value is -3.20. The van der Waals surface area contributed by atoms with Crippen LogP contribution in [0.25, 0.3) is 22.6 Å². The highest BCUT2D eigenvalue weighted by Gasteiger charge is 2.24. The van der Waals surface area contributed by atoms with Crippen LogP contribution >= 0.6 is 0 Å². The first-order chi connectivity index (χ1) is 15.7. The fourth-order valence-corrected chi connectivity index (χ4v) is 4.23. The Balaban J connectivity index is 1.48. The average molecular weight is 437 g/mol. The minimum absolute atomic E-state index is 0.103. The zero-order valence-corrected chi connectivity index (χ0v) is 18.4. The largest absolute Gasteiger partial charge is 0.441 e. The minimum Gasteiger partial charge on any atom is -0.441 e. The van der Waals surface area contributed by atoms with Gasteiger partial charge in [0.15, 0.2) is 29.4 Å². The van der Waals surface area contributed by atoms with E-state index in [-0.39, 0.29) is 12.7 Å². The molecule has 0 N–H and O–H groups in total. The molecule has 3 aromatic rings. The van der Waals surface area contributed by atoms with Crippen molar-refractivity contribution in [3.05, 3.63) is 36.2 Å². The molecule has 0 unspecified atom stereocenters. The monoisotopic (exact) mass is 436 g/mol. The summed E-state index contributed by atoms with van der Waals surface area (Å²) in [4.78, 5) is 30.9. The summed E-state index contributed by atoms with van der Waals surface area (Å²) in [6, 6.07) is 9.94. The van der Waals surface area contributed by atoms with Crippen molar-refractivity contribution in [1.29, 1.82) is 0 Å². The third kappa shape index (κ3) is 4.12. The van der Waals surface area contributed by atoms with E-state index in [0.717, 1.165) is 61.6 Å². The van der Waals surface area contributed by atoms with Gasteiger partial charge in [0, 0.05) is 38.8 Å². The van der Waals surface area contributed by atoms with Crippen LogP contribution in [0, 0.1) is 0 Å². The van der Waals surface area contributed by atoms with E-state index in [1.54, 1.807) is 4.90 Å². The van der Waals surface area contributed by atoms with Crippen LogP contribution in [-0.4, -0.2) is 69.9 Å². The number of hydrogen-bond donors (Lipinski definition) is 0. The number of carbonyl (C=O) groups excluding carboxylic acids is 1. The molecule has 32 heavy (non-hydrogen) atoms. The summed E-state index contributed by atoms with van der Waals surface area (Å²) in [6.45, 7) is 4.42. The standard InChI is InChI=1S/C23H28N6O3/c1-27-18(16-32-23(30)29-10-6-3-7-11-29)24-19-21(27)25-20(17-8-4-2-5-9-17)26-22(19)28-12-14-31-15-13-28/h2,4-5,8-9H,3,6-7,10-16H2,1H3. The van der Waals surface area contributed by atoms with Crippen molar-refractivity contribution < 1.29 is 14.3 Å². The predicted octanol–water partition coefficient (Wildman–Crippen LogP) is 2.99. The lowest BCUT2D eigenvalue weighted by Gasteiger charge is -2.28. The van der Waals surface area contributed by atoms with Crippen LogP contribution < -0.4 is 4.90 Å². The van der Waals surface area contributed by atoms with E-state index in [2.05, 4.69) is 4.90 Å². The number of fused-ring (bicyclic) bond motifs is 1. The van der Waals surface area contributed by atoms with Crippen molar-refractivity contribution in [1.82, 2.24) is 24.4 Å². The second-order valence-electron chi connectivity index (χ2n) is 8.20. The first kappa shape index (κ1) is 20.7. The van der Waals surface area contributed by atoms with Crippen LogP contribution in [0.1, 0.15) is 25.1 Å². The van der Waals surface area contributed by atoms with Gasteiger partial charge in [0.05, 0.1) is 13.2 Å². The van der Waals surface area contributed by atoms with Gasteiger partial charge in [0.1, 0.15) is 5.82 Å². The summed E-state index contributed by atoms with van der Waals surface area (Å²) in [5, 5.41) is 0. The third-order valence-corrected chi connectivity index (χ3v) is 6.07. The van der Waals surface area contributed by atoms with E-state index in [9.17, 15) is 4.79 Å². The van der Waals surface area contributed by atoms with Crippen molar-refractivity contribution in [2.45, 2.75) is 25.9 Å². The lowest BCUT2D eigenvalue weighted by Crippen LogP contribution is -2.37. The van der Waals surface area contributed by atoms with E-state index < -0.39 is 0 Å². The van der Waals surface area contributed by atoms with E-state index >= 15 is 0 Å². The normalized spacial score (nSPS) is 17.0. The van der Waals surface area contributed by atoms with Crippen LogP contribution in [0.5, 0.6) is 0 Å². The van der Waals surface area contributed by atoms with Gasteiger partial charge in [0.25, 0.3) is 0 Å². The second-order valence-corrected chi connectivity index (χ2v) is 8.20. The predicted molar refractivity (Wildman–Crippen MR) is 120 cm³/mol. The maximum atomic E-state index is 12.5. The number of ether oxygens (including phenoxy) is 2. The molecule has 0 saturated carbocycles. The fraction of sp³-hybridized carbons (Fsp3) is 0.478. The number of piperidine rings is 1. The molecule has 5 rings (SSSR count). The van der Waals surface area contributed by atoms with Gasteiger partial charge in [-0.15, -0.1) is 0 Å². The molecule has 1 amide bonds. The summed E-state index contributed by atoms with van der Waals surface area (Å²) >= 11 is 0. The van der Waals surface area contributed by atoms with E-state index in [1.807, 2.05) is 41.9 Å². The zero-order chi connectivity index (χ0) is 21.9. The summed E-state index contributed by atoms with van der Waals surface area (Å²) in [6.07, 6.45) is 2.95. The Labute approximate surface area is 187 Å². The molecule has 2 aliphatic rings. The minimum atomic E-state index is -0.277. The molecule has 2 aliphatic heterocycles. The number of aryl methyl sites for hydroxylation is 1. The molecule has 0 bridgehead atoms. The zero-order valence-electron chi connectivity index (χ0n) is 18.4. The van der Waals surface area contributed by atoms with Gasteiger partial charge in [-0.25, -0.2) is 19.7 Å². The van der Waals surface area contributed by atoms with Crippen LogP contribution in [-0.2, 0) is 23.1 Å². The number of likely N-dealkylation sites (tertiary alicyclic amines) is 1. The Bertz CT molecular complexity index is 1090. The lowest BCUT2D eigenvalue weighted by molar-refractivity contribution is 0.0867. The van der Waals surface area contributed by atoms with Crippen molar-refractivity contribution in [3.8, 4) is 11.4 Å². The summed E-state index contributed by atoms with van der Waals surface area (Å²) in [5.74, 6) is 2.10. The molecule has 2 saturated heterocycles. The lowest BCUT2D eigenvalue weighted by atomic mass is 10.1. The summed E-state index contributed by atoms with van der Waals surface area (Å²) in [5.41, 5.74) is 2.39. The van der Waals surface area contributed by atoms with Crippen LogP contribution in [0.4, 0.5) is 10.6 Å². The maximum absolute atomic E-state index is 12.5. The fourth-order valence-electron chi connectivity index (χ4n) is 4.23. The molecule has 2 fully saturated rings. The number of anilines is 1. The highest BCUT2D eigenvalue weighted by molar-refractivity contribution is 5.86. The Morgan fingerprint density at radius 3 is 2.50 bits per heavy atom. The Morgan fingerprint density at radius 1 is 1.00 bits per heavy atom. The number of aromatic nitrogens is 4. The molecule has 0 spiro atoms. The first-order valence-corrected chi connectivity index (χ1v) is 11.2. The van der Waals surface area contributed by atoms with Gasteiger partial charge in [-0.05, 0) is 19.3 Å². The molecular weight excluding hydrogens is 408 g/mol. The van der Waals surface area contributed by atoms with Crippen LogP contribution in [0.15, 0.2) is 30.3 Å². The molecule has 0 atom stereocenters.